The maximum atomic E-state index is 5.70. The van der Waals surface area contributed by atoms with Crippen LogP contribution in [0.2, 0.25) is 0 Å². The lowest BCUT2D eigenvalue weighted by molar-refractivity contribution is 0.550. The quantitative estimate of drug-likeness (QED) is 0.672. The number of hydrazine groups is 1. The molecule has 0 aliphatic rings. The SMILES string of the molecule is Cc1cc(C(Cc2ccc(Br)cc2)NN)cc(C)n1. The lowest BCUT2D eigenvalue weighted by atomic mass is 9.99. The summed E-state index contributed by atoms with van der Waals surface area (Å²) in [7, 11) is 0. The Bertz CT molecular complexity index is 532. The highest BCUT2D eigenvalue weighted by molar-refractivity contribution is 9.10. The second-order valence-corrected chi connectivity index (χ2v) is 5.65. The summed E-state index contributed by atoms with van der Waals surface area (Å²) in [6.07, 6.45) is 0.854. The van der Waals surface area contributed by atoms with Gasteiger partial charge in [0, 0.05) is 15.9 Å². The number of nitrogens with zero attached hydrogens (tertiary/aromatic N) is 1. The van der Waals surface area contributed by atoms with Crippen molar-refractivity contribution in [2.45, 2.75) is 26.3 Å². The Morgan fingerprint density at radius 1 is 1.16 bits per heavy atom. The van der Waals surface area contributed by atoms with Crippen molar-refractivity contribution in [3.63, 3.8) is 0 Å². The molecule has 19 heavy (non-hydrogen) atoms. The van der Waals surface area contributed by atoms with E-state index in [2.05, 4.69) is 50.6 Å². The first kappa shape index (κ1) is 14.2. The molecule has 0 saturated heterocycles. The summed E-state index contributed by atoms with van der Waals surface area (Å²) >= 11 is 3.44. The fourth-order valence-electron chi connectivity index (χ4n) is 2.20. The molecule has 1 unspecified atom stereocenters. The van der Waals surface area contributed by atoms with Crippen molar-refractivity contribution in [2.24, 2.45) is 5.84 Å². The summed E-state index contributed by atoms with van der Waals surface area (Å²) in [6, 6.07) is 12.6. The predicted molar refractivity (Wildman–Crippen MR) is 81.6 cm³/mol. The molecular formula is C15H18BrN3. The Hall–Kier alpha value is -1.23. The fraction of sp³-hybridized carbons (Fsp3) is 0.267. The number of rotatable bonds is 4. The van der Waals surface area contributed by atoms with Gasteiger partial charge in [0.1, 0.15) is 0 Å². The highest BCUT2D eigenvalue weighted by atomic mass is 79.9. The minimum atomic E-state index is 0.0987. The average Bonchev–Trinajstić information content (AvgIpc) is 2.37. The molecule has 0 spiro atoms. The molecule has 2 aromatic rings. The van der Waals surface area contributed by atoms with Crippen LogP contribution in [0.5, 0.6) is 0 Å². The molecule has 0 saturated carbocycles. The lowest BCUT2D eigenvalue weighted by Crippen LogP contribution is -2.29. The van der Waals surface area contributed by atoms with E-state index in [0.29, 0.717) is 0 Å². The molecule has 2 rings (SSSR count). The summed E-state index contributed by atoms with van der Waals surface area (Å²) < 4.78 is 1.09. The average molecular weight is 320 g/mol. The number of benzene rings is 1. The smallest absolute Gasteiger partial charge is 0.0501 e. The maximum absolute atomic E-state index is 5.70. The van der Waals surface area contributed by atoms with Gasteiger partial charge in [-0.1, -0.05) is 28.1 Å². The normalized spacial score (nSPS) is 12.4. The van der Waals surface area contributed by atoms with Crippen molar-refractivity contribution in [1.82, 2.24) is 10.4 Å². The minimum Gasteiger partial charge on any atom is -0.271 e. The van der Waals surface area contributed by atoms with Gasteiger partial charge in [-0.25, -0.2) is 0 Å². The number of hydrogen-bond acceptors (Lipinski definition) is 3. The molecule has 0 amide bonds. The van der Waals surface area contributed by atoms with Crippen LogP contribution in [-0.4, -0.2) is 4.98 Å². The lowest BCUT2D eigenvalue weighted by Gasteiger charge is -2.17. The largest absolute Gasteiger partial charge is 0.271 e. The van der Waals surface area contributed by atoms with Crippen molar-refractivity contribution in [3.05, 3.63) is 63.4 Å². The zero-order valence-electron chi connectivity index (χ0n) is 11.2. The molecule has 0 bridgehead atoms. The summed E-state index contributed by atoms with van der Waals surface area (Å²) in [5.74, 6) is 5.70. The van der Waals surface area contributed by atoms with Crippen LogP contribution in [-0.2, 0) is 6.42 Å². The van der Waals surface area contributed by atoms with Gasteiger partial charge in [0.2, 0.25) is 0 Å². The number of pyridine rings is 1. The van der Waals surface area contributed by atoms with E-state index in [1.165, 1.54) is 11.1 Å². The highest BCUT2D eigenvalue weighted by Gasteiger charge is 2.11. The molecule has 0 aliphatic heterocycles. The zero-order chi connectivity index (χ0) is 13.8. The molecule has 1 heterocycles. The van der Waals surface area contributed by atoms with E-state index in [0.717, 1.165) is 22.3 Å². The van der Waals surface area contributed by atoms with Gasteiger partial charge in [0.05, 0.1) is 6.04 Å². The van der Waals surface area contributed by atoms with Gasteiger partial charge >= 0.3 is 0 Å². The summed E-state index contributed by atoms with van der Waals surface area (Å²) in [5.41, 5.74) is 7.36. The van der Waals surface area contributed by atoms with Gasteiger partial charge in [-0.05, 0) is 55.7 Å². The Labute approximate surface area is 122 Å². The first-order valence-electron chi connectivity index (χ1n) is 6.24. The molecular weight excluding hydrogens is 302 g/mol. The molecule has 3 nitrogen and oxygen atoms in total. The van der Waals surface area contributed by atoms with Crippen LogP contribution >= 0.6 is 15.9 Å². The van der Waals surface area contributed by atoms with Crippen molar-refractivity contribution in [3.8, 4) is 0 Å². The Balaban J connectivity index is 2.22. The van der Waals surface area contributed by atoms with Gasteiger partial charge in [-0.3, -0.25) is 16.3 Å². The van der Waals surface area contributed by atoms with Crippen LogP contribution in [0.3, 0.4) is 0 Å². The van der Waals surface area contributed by atoms with Gasteiger partial charge in [0.25, 0.3) is 0 Å². The van der Waals surface area contributed by atoms with E-state index in [1.807, 2.05) is 26.0 Å². The zero-order valence-corrected chi connectivity index (χ0v) is 12.7. The number of hydrogen-bond donors (Lipinski definition) is 2. The minimum absolute atomic E-state index is 0.0987. The Morgan fingerprint density at radius 3 is 2.26 bits per heavy atom. The number of halogens is 1. The van der Waals surface area contributed by atoms with E-state index in [1.54, 1.807) is 0 Å². The Kier molecular flexibility index (Phi) is 4.69. The standard InChI is InChI=1S/C15H18BrN3/c1-10-7-13(8-11(2)18-10)15(19-17)9-12-3-5-14(16)6-4-12/h3-8,15,19H,9,17H2,1-2H3. The summed E-state index contributed by atoms with van der Waals surface area (Å²) in [4.78, 5) is 4.39. The maximum Gasteiger partial charge on any atom is 0.0501 e. The Morgan fingerprint density at radius 2 is 1.74 bits per heavy atom. The summed E-state index contributed by atoms with van der Waals surface area (Å²) in [6.45, 7) is 4.01. The van der Waals surface area contributed by atoms with E-state index < -0.39 is 0 Å². The topological polar surface area (TPSA) is 50.9 Å². The highest BCUT2D eigenvalue weighted by Crippen LogP contribution is 2.20. The van der Waals surface area contributed by atoms with Crippen molar-refractivity contribution in [1.29, 1.82) is 0 Å². The fourth-order valence-corrected chi connectivity index (χ4v) is 2.46. The van der Waals surface area contributed by atoms with Crippen molar-refractivity contribution < 1.29 is 0 Å². The summed E-state index contributed by atoms with van der Waals surface area (Å²) in [5, 5.41) is 0. The molecule has 0 radical (unpaired) electrons. The van der Waals surface area contributed by atoms with Gasteiger partial charge in [0.15, 0.2) is 0 Å². The van der Waals surface area contributed by atoms with E-state index in [-0.39, 0.29) is 6.04 Å². The van der Waals surface area contributed by atoms with E-state index in [9.17, 15) is 0 Å². The van der Waals surface area contributed by atoms with Crippen LogP contribution in [0.15, 0.2) is 40.9 Å². The van der Waals surface area contributed by atoms with Crippen LogP contribution in [0.4, 0.5) is 0 Å². The van der Waals surface area contributed by atoms with Crippen LogP contribution in [0, 0.1) is 13.8 Å². The van der Waals surface area contributed by atoms with Crippen LogP contribution in [0.1, 0.15) is 28.6 Å². The molecule has 3 N–H and O–H groups in total. The second kappa shape index (κ2) is 6.28. The number of nitrogens with two attached hydrogens (primary N) is 1. The van der Waals surface area contributed by atoms with Crippen molar-refractivity contribution >= 4 is 15.9 Å². The van der Waals surface area contributed by atoms with Crippen LogP contribution < -0.4 is 11.3 Å². The number of aryl methyl sites for hydroxylation is 2. The van der Waals surface area contributed by atoms with Gasteiger partial charge in [-0.15, -0.1) is 0 Å². The van der Waals surface area contributed by atoms with Crippen LogP contribution in [0.25, 0.3) is 0 Å². The molecule has 1 aromatic heterocycles. The van der Waals surface area contributed by atoms with E-state index in [4.69, 9.17) is 5.84 Å². The first-order valence-corrected chi connectivity index (χ1v) is 7.03. The molecule has 0 aliphatic carbocycles. The number of aromatic nitrogens is 1. The predicted octanol–water partition coefficient (Wildman–Crippen LogP) is 3.21. The monoisotopic (exact) mass is 319 g/mol. The van der Waals surface area contributed by atoms with Gasteiger partial charge in [-0.2, -0.15) is 0 Å². The first-order chi connectivity index (χ1) is 9.08. The molecule has 0 fully saturated rings. The van der Waals surface area contributed by atoms with E-state index >= 15 is 0 Å². The van der Waals surface area contributed by atoms with Gasteiger partial charge < -0.3 is 0 Å². The molecule has 100 valence electrons. The molecule has 4 heteroatoms. The number of nitrogens with one attached hydrogen (secondary N) is 1. The molecule has 1 atom stereocenters. The third kappa shape index (κ3) is 3.86. The third-order valence-corrected chi connectivity index (χ3v) is 3.59. The molecule has 1 aromatic carbocycles. The second-order valence-electron chi connectivity index (χ2n) is 4.73. The van der Waals surface area contributed by atoms with Crippen molar-refractivity contribution in [2.75, 3.05) is 0 Å². The third-order valence-electron chi connectivity index (χ3n) is 3.06.